The summed E-state index contributed by atoms with van der Waals surface area (Å²) in [5, 5.41) is 0. The van der Waals surface area contributed by atoms with Crippen LogP contribution in [0.2, 0.25) is 0 Å². The molecule has 1 aliphatic carbocycles. The predicted molar refractivity (Wildman–Crippen MR) is 50.7 cm³/mol. The van der Waals surface area contributed by atoms with Gasteiger partial charge in [0.2, 0.25) is 0 Å². The maximum atomic E-state index is 12.9. The lowest BCUT2D eigenvalue weighted by Crippen LogP contribution is -2.26. The van der Waals surface area contributed by atoms with Gasteiger partial charge in [-0.15, -0.1) is 0 Å². The molecule has 0 amide bonds. The van der Waals surface area contributed by atoms with Gasteiger partial charge in [0.1, 0.15) is 5.82 Å². The molecule has 0 saturated heterocycles. The average Bonchev–Trinajstić information content (AvgIpc) is 2.01. The standard InChI is InChI=1S/C11H14FN/c12-10-6-2-5-9(7-10)11(13)8-3-1-4-8/h2,5-8,11H,1,3-4,13H2/t11-/m0/s1. The molecule has 0 bridgehead atoms. The van der Waals surface area contributed by atoms with Crippen LogP contribution in [0, 0.1) is 11.7 Å². The minimum Gasteiger partial charge on any atom is -0.324 e. The highest BCUT2D eigenvalue weighted by Crippen LogP contribution is 2.36. The Bertz CT molecular complexity index is 294. The van der Waals surface area contributed by atoms with Crippen LogP contribution in [0.4, 0.5) is 4.39 Å². The summed E-state index contributed by atoms with van der Waals surface area (Å²) in [6.45, 7) is 0. The molecule has 1 aliphatic rings. The number of hydrogen-bond donors (Lipinski definition) is 1. The van der Waals surface area contributed by atoms with Gasteiger partial charge < -0.3 is 5.73 Å². The van der Waals surface area contributed by atoms with Gasteiger partial charge in [-0.1, -0.05) is 18.6 Å². The van der Waals surface area contributed by atoms with E-state index in [1.165, 1.54) is 25.3 Å². The Morgan fingerprint density at radius 3 is 2.69 bits per heavy atom. The second kappa shape index (κ2) is 3.46. The third-order valence-electron chi connectivity index (χ3n) is 2.89. The van der Waals surface area contributed by atoms with Crippen molar-refractivity contribution in [3.05, 3.63) is 35.6 Å². The van der Waals surface area contributed by atoms with Crippen molar-refractivity contribution in [3.8, 4) is 0 Å². The third-order valence-corrected chi connectivity index (χ3v) is 2.89. The summed E-state index contributed by atoms with van der Waals surface area (Å²) in [5.41, 5.74) is 6.94. The summed E-state index contributed by atoms with van der Waals surface area (Å²) in [5.74, 6) is 0.383. The highest BCUT2D eigenvalue weighted by atomic mass is 19.1. The summed E-state index contributed by atoms with van der Waals surface area (Å²) in [4.78, 5) is 0. The van der Waals surface area contributed by atoms with Crippen LogP contribution < -0.4 is 5.73 Å². The van der Waals surface area contributed by atoms with Crippen LogP contribution in [0.25, 0.3) is 0 Å². The number of nitrogens with two attached hydrogens (primary N) is 1. The van der Waals surface area contributed by atoms with E-state index in [1.54, 1.807) is 12.1 Å². The maximum Gasteiger partial charge on any atom is 0.123 e. The van der Waals surface area contributed by atoms with E-state index in [1.807, 2.05) is 6.07 Å². The smallest absolute Gasteiger partial charge is 0.123 e. The molecular formula is C11H14FN. The number of rotatable bonds is 2. The van der Waals surface area contributed by atoms with Crippen molar-refractivity contribution < 1.29 is 4.39 Å². The lowest BCUT2D eigenvalue weighted by atomic mass is 9.77. The Morgan fingerprint density at radius 1 is 1.38 bits per heavy atom. The topological polar surface area (TPSA) is 26.0 Å². The van der Waals surface area contributed by atoms with Crippen molar-refractivity contribution in [1.82, 2.24) is 0 Å². The van der Waals surface area contributed by atoms with Gasteiger partial charge >= 0.3 is 0 Å². The first-order valence-electron chi connectivity index (χ1n) is 4.78. The molecule has 1 aromatic rings. The second-order valence-electron chi connectivity index (χ2n) is 3.77. The highest BCUT2D eigenvalue weighted by Gasteiger charge is 2.25. The van der Waals surface area contributed by atoms with Gasteiger partial charge in [0.25, 0.3) is 0 Å². The first-order valence-corrected chi connectivity index (χ1v) is 4.78. The molecule has 2 rings (SSSR count). The molecule has 2 N–H and O–H groups in total. The summed E-state index contributed by atoms with van der Waals surface area (Å²) in [6, 6.07) is 6.67. The Morgan fingerprint density at radius 2 is 2.15 bits per heavy atom. The summed E-state index contributed by atoms with van der Waals surface area (Å²) < 4.78 is 12.9. The average molecular weight is 179 g/mol. The fourth-order valence-corrected chi connectivity index (χ4v) is 1.79. The van der Waals surface area contributed by atoms with Crippen LogP contribution in [0.3, 0.4) is 0 Å². The van der Waals surface area contributed by atoms with Gasteiger partial charge in [0, 0.05) is 6.04 Å². The first kappa shape index (κ1) is 8.70. The second-order valence-corrected chi connectivity index (χ2v) is 3.77. The molecule has 0 spiro atoms. The molecule has 1 saturated carbocycles. The van der Waals surface area contributed by atoms with E-state index >= 15 is 0 Å². The molecule has 0 unspecified atom stereocenters. The molecule has 0 radical (unpaired) electrons. The van der Waals surface area contributed by atoms with Gasteiger partial charge in [0.05, 0.1) is 0 Å². The Hall–Kier alpha value is -0.890. The van der Waals surface area contributed by atoms with Crippen molar-refractivity contribution in [3.63, 3.8) is 0 Å². The lowest BCUT2D eigenvalue weighted by molar-refractivity contribution is 0.264. The van der Waals surface area contributed by atoms with Gasteiger partial charge in [-0.05, 0) is 36.5 Å². The SMILES string of the molecule is N[C@H](c1cccc(F)c1)C1CCC1. The summed E-state index contributed by atoms with van der Waals surface area (Å²) >= 11 is 0. The van der Waals surface area contributed by atoms with Crippen molar-refractivity contribution >= 4 is 0 Å². The van der Waals surface area contributed by atoms with E-state index in [0.717, 1.165) is 5.56 Å². The largest absolute Gasteiger partial charge is 0.324 e. The summed E-state index contributed by atoms with van der Waals surface area (Å²) in [6.07, 6.45) is 3.66. The molecule has 1 nitrogen and oxygen atoms in total. The molecule has 0 aromatic heterocycles. The molecule has 1 fully saturated rings. The van der Waals surface area contributed by atoms with Crippen molar-refractivity contribution in [2.45, 2.75) is 25.3 Å². The van der Waals surface area contributed by atoms with Crippen LogP contribution in [0.15, 0.2) is 24.3 Å². The van der Waals surface area contributed by atoms with E-state index in [9.17, 15) is 4.39 Å². The predicted octanol–water partition coefficient (Wildman–Crippen LogP) is 2.63. The highest BCUT2D eigenvalue weighted by molar-refractivity contribution is 5.20. The summed E-state index contributed by atoms with van der Waals surface area (Å²) in [7, 11) is 0. The van der Waals surface area contributed by atoms with Crippen LogP contribution in [-0.2, 0) is 0 Å². The van der Waals surface area contributed by atoms with E-state index in [2.05, 4.69) is 0 Å². The normalized spacial score (nSPS) is 19.5. The van der Waals surface area contributed by atoms with Gasteiger partial charge in [0.15, 0.2) is 0 Å². The van der Waals surface area contributed by atoms with Crippen LogP contribution in [0.5, 0.6) is 0 Å². The van der Waals surface area contributed by atoms with E-state index in [-0.39, 0.29) is 11.9 Å². The van der Waals surface area contributed by atoms with E-state index < -0.39 is 0 Å². The Kier molecular flexibility index (Phi) is 2.32. The molecule has 2 heteroatoms. The Labute approximate surface area is 77.8 Å². The first-order chi connectivity index (χ1) is 6.27. The van der Waals surface area contributed by atoms with Crippen molar-refractivity contribution in [2.24, 2.45) is 11.7 Å². The molecule has 13 heavy (non-hydrogen) atoms. The molecule has 0 heterocycles. The fourth-order valence-electron chi connectivity index (χ4n) is 1.79. The number of benzene rings is 1. The minimum absolute atomic E-state index is 0.0319. The molecule has 1 aromatic carbocycles. The van der Waals surface area contributed by atoms with Crippen molar-refractivity contribution in [2.75, 3.05) is 0 Å². The third kappa shape index (κ3) is 1.73. The van der Waals surface area contributed by atoms with Gasteiger partial charge in [-0.25, -0.2) is 4.39 Å². The Balaban J connectivity index is 2.14. The molecule has 0 aliphatic heterocycles. The molecular weight excluding hydrogens is 165 g/mol. The lowest BCUT2D eigenvalue weighted by Gasteiger charge is -2.31. The van der Waals surface area contributed by atoms with Gasteiger partial charge in [-0.3, -0.25) is 0 Å². The molecule has 70 valence electrons. The zero-order valence-electron chi connectivity index (χ0n) is 7.54. The van der Waals surface area contributed by atoms with E-state index in [0.29, 0.717) is 5.92 Å². The maximum absolute atomic E-state index is 12.9. The minimum atomic E-state index is -0.188. The molecule has 1 atom stereocenters. The zero-order chi connectivity index (χ0) is 9.26. The van der Waals surface area contributed by atoms with E-state index in [4.69, 9.17) is 5.73 Å². The monoisotopic (exact) mass is 179 g/mol. The van der Waals surface area contributed by atoms with Crippen LogP contribution in [0.1, 0.15) is 30.9 Å². The quantitative estimate of drug-likeness (QED) is 0.742. The fraction of sp³-hybridized carbons (Fsp3) is 0.455. The van der Waals surface area contributed by atoms with Crippen molar-refractivity contribution in [1.29, 1.82) is 0 Å². The number of halogens is 1. The van der Waals surface area contributed by atoms with Crippen LogP contribution in [-0.4, -0.2) is 0 Å². The zero-order valence-corrected chi connectivity index (χ0v) is 7.54. The van der Waals surface area contributed by atoms with Gasteiger partial charge in [-0.2, -0.15) is 0 Å². The number of hydrogen-bond acceptors (Lipinski definition) is 1. The van der Waals surface area contributed by atoms with Crippen LogP contribution >= 0.6 is 0 Å².